The summed E-state index contributed by atoms with van der Waals surface area (Å²) in [5, 5.41) is 3.12. The molecule has 4 rings (SSSR count). The van der Waals surface area contributed by atoms with Gasteiger partial charge >= 0.3 is 0 Å². The van der Waals surface area contributed by atoms with Crippen molar-refractivity contribution in [1.29, 1.82) is 0 Å². The van der Waals surface area contributed by atoms with Crippen molar-refractivity contribution in [3.05, 3.63) is 52.7 Å². The number of aryl methyl sites for hydroxylation is 1. The van der Waals surface area contributed by atoms with Crippen molar-refractivity contribution >= 4 is 15.7 Å². The molecular formula is C23H31F2N5O3S. The third-order valence-electron chi connectivity index (χ3n) is 6.20. The number of aromatic nitrogens is 4. The molecule has 2 heterocycles. The van der Waals surface area contributed by atoms with Gasteiger partial charge in [-0.2, -0.15) is 5.10 Å². The van der Waals surface area contributed by atoms with E-state index in [-0.39, 0.29) is 5.69 Å². The van der Waals surface area contributed by atoms with Crippen LogP contribution in [-0.2, 0) is 24.1 Å². The minimum atomic E-state index is -4.02. The molecule has 0 amide bonds. The first-order chi connectivity index (χ1) is 15.9. The molecule has 2 aromatic heterocycles. The number of rotatable bonds is 6. The van der Waals surface area contributed by atoms with Crippen LogP contribution in [0.15, 0.2) is 41.5 Å². The van der Waals surface area contributed by atoms with Gasteiger partial charge < -0.3 is 0 Å². The van der Waals surface area contributed by atoms with Gasteiger partial charge in [-0.25, -0.2) is 21.9 Å². The lowest BCUT2D eigenvalue weighted by molar-refractivity contribution is -0.109. The van der Waals surface area contributed by atoms with Crippen molar-refractivity contribution in [3.63, 3.8) is 0 Å². The second kappa shape index (κ2) is 9.36. The molecule has 34 heavy (non-hydrogen) atoms. The summed E-state index contributed by atoms with van der Waals surface area (Å²) in [5.74, 6) is -3.46. The molecule has 11 heteroatoms. The maximum absolute atomic E-state index is 13.2. The molecule has 0 saturated heterocycles. The Balaban J connectivity index is 0.00000158. The van der Waals surface area contributed by atoms with Gasteiger partial charge in [0.25, 0.3) is 5.56 Å². The van der Waals surface area contributed by atoms with E-state index in [0.717, 1.165) is 11.1 Å². The number of alkyl halides is 2. The van der Waals surface area contributed by atoms with Gasteiger partial charge in [0, 0.05) is 38.7 Å². The first-order valence-electron chi connectivity index (χ1n) is 11.2. The molecule has 1 aliphatic carbocycles. The minimum Gasteiger partial charge on any atom is -0.283 e. The first-order valence-corrected chi connectivity index (χ1v) is 12.7. The number of nitrogens with zero attached hydrogens (tertiary/aromatic N) is 4. The molecule has 8 nitrogen and oxygen atoms in total. The molecule has 0 aliphatic heterocycles. The van der Waals surface area contributed by atoms with Crippen LogP contribution in [0.25, 0.3) is 16.8 Å². The van der Waals surface area contributed by atoms with Crippen molar-refractivity contribution in [3.8, 4) is 16.8 Å². The van der Waals surface area contributed by atoms with Gasteiger partial charge in [-0.15, -0.1) is 0 Å². The Morgan fingerprint density at radius 1 is 1.18 bits per heavy atom. The highest BCUT2D eigenvalue weighted by Crippen LogP contribution is 2.45. The van der Waals surface area contributed by atoms with E-state index in [1.807, 2.05) is 39.2 Å². The van der Waals surface area contributed by atoms with Crippen LogP contribution in [0.2, 0.25) is 0 Å². The highest BCUT2D eigenvalue weighted by molar-refractivity contribution is 7.93. The summed E-state index contributed by atoms with van der Waals surface area (Å²) < 4.78 is 59.1. The molecule has 3 aromatic rings. The van der Waals surface area contributed by atoms with Crippen molar-refractivity contribution in [2.45, 2.75) is 51.7 Å². The molecule has 0 bridgehead atoms. The number of nitrogens with one attached hydrogen (secondary N) is 1. The zero-order valence-corrected chi connectivity index (χ0v) is 21.0. The topological polar surface area (TPSA) is 90.9 Å². The summed E-state index contributed by atoms with van der Waals surface area (Å²) in [6, 6.07) is 7.25. The normalized spacial score (nSPS) is 16.4. The number of sulfonamides is 1. The van der Waals surface area contributed by atoms with E-state index in [0.29, 0.717) is 11.4 Å². The van der Waals surface area contributed by atoms with Gasteiger partial charge in [-0.1, -0.05) is 26.0 Å². The predicted molar refractivity (Wildman–Crippen MR) is 129 cm³/mol. The molecule has 1 atom stereocenters. The van der Waals surface area contributed by atoms with E-state index in [9.17, 15) is 22.0 Å². The molecule has 1 aromatic carbocycles. The van der Waals surface area contributed by atoms with Crippen molar-refractivity contribution < 1.29 is 17.2 Å². The lowest BCUT2D eigenvalue weighted by atomic mass is 9.79. The van der Waals surface area contributed by atoms with Gasteiger partial charge in [0.05, 0.1) is 22.8 Å². The van der Waals surface area contributed by atoms with E-state index >= 15 is 0 Å². The second-order valence-electron chi connectivity index (χ2n) is 8.43. The number of halogens is 2. The van der Waals surface area contributed by atoms with Crippen LogP contribution in [0.4, 0.5) is 14.5 Å². The lowest BCUT2D eigenvalue weighted by Gasteiger charge is -2.38. The quantitative estimate of drug-likeness (QED) is 0.558. The van der Waals surface area contributed by atoms with Crippen LogP contribution >= 0.6 is 0 Å². The van der Waals surface area contributed by atoms with Gasteiger partial charge in [0.15, 0.2) is 0 Å². The molecule has 1 aliphatic rings. The van der Waals surface area contributed by atoms with Crippen molar-refractivity contribution in [1.82, 2.24) is 19.1 Å². The highest BCUT2D eigenvalue weighted by Gasteiger charge is 2.50. The van der Waals surface area contributed by atoms with Gasteiger partial charge in [-0.05, 0) is 37.5 Å². The van der Waals surface area contributed by atoms with Crippen molar-refractivity contribution in [2.75, 3.05) is 4.72 Å². The fraction of sp³-hybridized carbons (Fsp3) is 0.478. The number of benzene rings is 1. The zero-order valence-electron chi connectivity index (χ0n) is 20.2. The number of hydrogen-bond acceptors (Lipinski definition) is 4. The van der Waals surface area contributed by atoms with Crippen molar-refractivity contribution in [2.24, 2.45) is 20.0 Å². The summed E-state index contributed by atoms with van der Waals surface area (Å²) in [4.78, 5) is 13.2. The van der Waals surface area contributed by atoms with Crippen LogP contribution in [0.5, 0.6) is 0 Å². The summed E-state index contributed by atoms with van der Waals surface area (Å²) >= 11 is 0. The minimum absolute atomic E-state index is 0.0859. The Morgan fingerprint density at radius 3 is 2.38 bits per heavy atom. The molecule has 1 saturated carbocycles. The summed E-state index contributed by atoms with van der Waals surface area (Å²) in [6.07, 6.45) is 2.63. The van der Waals surface area contributed by atoms with Crippen LogP contribution < -0.4 is 10.3 Å². The monoisotopic (exact) mass is 495 g/mol. The lowest BCUT2D eigenvalue weighted by Crippen LogP contribution is -2.45. The average molecular weight is 496 g/mol. The fourth-order valence-electron chi connectivity index (χ4n) is 4.03. The predicted octanol–water partition coefficient (Wildman–Crippen LogP) is 4.09. The zero-order chi connectivity index (χ0) is 25.4. The maximum Gasteiger partial charge on any atom is 0.296 e. The number of anilines is 1. The van der Waals surface area contributed by atoms with E-state index < -0.39 is 45.5 Å². The molecule has 186 valence electrons. The Labute approximate surface area is 198 Å². The third-order valence-corrected chi connectivity index (χ3v) is 8.05. The molecule has 1 N–H and O–H groups in total. The van der Waals surface area contributed by atoms with E-state index in [2.05, 4.69) is 9.82 Å². The Morgan fingerprint density at radius 2 is 1.82 bits per heavy atom. The standard InChI is InChI=1S/C21H25F2N5O3S.C2H6/c1-13-19(25-32(30,31)14(2)16-9-21(22,23)10-16)20(29)28(27(13)4)18-7-5-6-15(8-18)17-11-24-26(3)12-17;1-2/h5-8,11-12,14,16,25H,9-10H2,1-4H3;1-2H3. The number of hydrogen-bond donors (Lipinski definition) is 1. The Bertz CT molecular complexity index is 1330. The third kappa shape index (κ3) is 4.79. The second-order valence-corrected chi connectivity index (χ2v) is 10.5. The average Bonchev–Trinajstić information content (AvgIpc) is 3.30. The maximum atomic E-state index is 13.2. The van der Waals surface area contributed by atoms with E-state index in [1.54, 1.807) is 41.7 Å². The first kappa shape index (κ1) is 25.7. The molecule has 0 spiro atoms. The van der Waals surface area contributed by atoms with Crippen LogP contribution in [-0.4, -0.2) is 38.7 Å². The molecule has 1 unspecified atom stereocenters. The molecular weight excluding hydrogens is 464 g/mol. The van der Waals surface area contributed by atoms with Crippen LogP contribution in [0, 0.1) is 12.8 Å². The largest absolute Gasteiger partial charge is 0.296 e. The summed E-state index contributed by atoms with van der Waals surface area (Å²) in [6.45, 7) is 7.03. The highest BCUT2D eigenvalue weighted by atomic mass is 32.2. The smallest absolute Gasteiger partial charge is 0.283 e. The van der Waals surface area contributed by atoms with Crippen LogP contribution in [0.3, 0.4) is 0 Å². The van der Waals surface area contributed by atoms with E-state index in [4.69, 9.17) is 0 Å². The van der Waals surface area contributed by atoms with Gasteiger partial charge in [0.2, 0.25) is 15.9 Å². The summed E-state index contributed by atoms with van der Waals surface area (Å²) in [5.41, 5.74) is 2.07. The summed E-state index contributed by atoms with van der Waals surface area (Å²) in [7, 11) is -0.562. The SMILES string of the molecule is CC.Cc1c(NS(=O)(=O)C(C)C2CC(F)(F)C2)c(=O)n(-c2cccc(-c3cnn(C)c3)c2)n1C. The van der Waals surface area contributed by atoms with Gasteiger partial charge in [0.1, 0.15) is 5.69 Å². The van der Waals surface area contributed by atoms with Crippen LogP contribution in [0.1, 0.15) is 39.3 Å². The molecule has 0 radical (unpaired) electrons. The Hall–Kier alpha value is -2.95. The fourth-order valence-corrected chi connectivity index (χ4v) is 5.44. The van der Waals surface area contributed by atoms with Gasteiger partial charge in [-0.3, -0.25) is 18.9 Å². The van der Waals surface area contributed by atoms with E-state index in [1.165, 1.54) is 11.6 Å². The molecule has 1 fully saturated rings. The Kier molecular flexibility index (Phi) is 7.07.